The zero-order valence-corrected chi connectivity index (χ0v) is 8.02. The molecule has 0 unspecified atom stereocenters. The number of thiazole rings is 1. The molecule has 0 saturated carbocycles. The molecule has 0 aromatic carbocycles. The molecule has 0 bridgehead atoms. The zero-order valence-electron chi connectivity index (χ0n) is 7.20. The molecule has 2 heterocycles. The normalized spacial score (nSPS) is 19.7. The highest BCUT2D eigenvalue weighted by molar-refractivity contribution is 7.07. The molecule has 0 radical (unpaired) electrons. The Bertz CT molecular complexity index is 214. The van der Waals surface area contributed by atoms with Gasteiger partial charge >= 0.3 is 0 Å². The lowest BCUT2D eigenvalue weighted by molar-refractivity contribution is 0.219. The van der Waals surface area contributed by atoms with Crippen molar-refractivity contribution in [3.8, 4) is 0 Å². The standard InChI is InChI=1S/C9H14N2S/c1-2-4-11(5-3-1)6-9-7-12-8-10-9/h7-8H,1-6H2. The Kier molecular flexibility index (Phi) is 2.74. The molecule has 1 aliphatic heterocycles. The molecule has 1 aromatic heterocycles. The van der Waals surface area contributed by atoms with Crippen LogP contribution in [0.25, 0.3) is 0 Å². The van der Waals surface area contributed by atoms with Gasteiger partial charge in [0.2, 0.25) is 0 Å². The van der Waals surface area contributed by atoms with Gasteiger partial charge in [0.05, 0.1) is 11.2 Å². The first-order chi connectivity index (χ1) is 5.95. The topological polar surface area (TPSA) is 16.1 Å². The molecular weight excluding hydrogens is 168 g/mol. The number of piperidine rings is 1. The number of likely N-dealkylation sites (tertiary alicyclic amines) is 1. The average molecular weight is 182 g/mol. The van der Waals surface area contributed by atoms with Crippen LogP contribution in [0.4, 0.5) is 0 Å². The van der Waals surface area contributed by atoms with E-state index in [2.05, 4.69) is 15.3 Å². The predicted octanol–water partition coefficient (Wildman–Crippen LogP) is 2.13. The first kappa shape index (κ1) is 8.20. The van der Waals surface area contributed by atoms with Gasteiger partial charge in [-0.2, -0.15) is 0 Å². The van der Waals surface area contributed by atoms with E-state index in [-0.39, 0.29) is 0 Å². The molecule has 12 heavy (non-hydrogen) atoms. The van der Waals surface area contributed by atoms with Gasteiger partial charge in [-0.15, -0.1) is 11.3 Å². The molecular formula is C9H14N2S. The fourth-order valence-corrected chi connectivity index (χ4v) is 2.21. The Morgan fingerprint density at radius 2 is 2.17 bits per heavy atom. The van der Waals surface area contributed by atoms with E-state index in [9.17, 15) is 0 Å². The van der Waals surface area contributed by atoms with Crippen LogP contribution in [0, 0.1) is 0 Å². The average Bonchev–Trinajstić information content (AvgIpc) is 2.59. The highest BCUT2D eigenvalue weighted by Crippen LogP contribution is 2.12. The second kappa shape index (κ2) is 4.01. The van der Waals surface area contributed by atoms with Crippen LogP contribution >= 0.6 is 11.3 Å². The van der Waals surface area contributed by atoms with Gasteiger partial charge in [0.15, 0.2) is 0 Å². The molecule has 0 spiro atoms. The number of aromatic nitrogens is 1. The summed E-state index contributed by atoms with van der Waals surface area (Å²) in [7, 11) is 0. The van der Waals surface area contributed by atoms with Crippen LogP contribution in [0.1, 0.15) is 25.0 Å². The van der Waals surface area contributed by atoms with Crippen molar-refractivity contribution in [2.24, 2.45) is 0 Å². The highest BCUT2D eigenvalue weighted by Gasteiger charge is 2.10. The quantitative estimate of drug-likeness (QED) is 0.696. The Morgan fingerprint density at radius 1 is 1.33 bits per heavy atom. The Morgan fingerprint density at radius 3 is 2.83 bits per heavy atom. The third-order valence-electron chi connectivity index (χ3n) is 2.32. The smallest absolute Gasteiger partial charge is 0.0795 e. The lowest BCUT2D eigenvalue weighted by atomic mass is 10.1. The SMILES string of the molecule is c1nc(CN2CCCCC2)cs1. The highest BCUT2D eigenvalue weighted by atomic mass is 32.1. The van der Waals surface area contributed by atoms with Crippen LogP contribution in [0.2, 0.25) is 0 Å². The first-order valence-corrected chi connectivity index (χ1v) is 5.49. The maximum atomic E-state index is 4.29. The van der Waals surface area contributed by atoms with Crippen molar-refractivity contribution in [1.29, 1.82) is 0 Å². The summed E-state index contributed by atoms with van der Waals surface area (Å²) in [6, 6.07) is 0. The molecule has 0 atom stereocenters. The Labute approximate surface area is 77.2 Å². The van der Waals surface area contributed by atoms with Crippen LogP contribution in [0.15, 0.2) is 10.9 Å². The van der Waals surface area contributed by atoms with Crippen molar-refractivity contribution in [2.45, 2.75) is 25.8 Å². The molecule has 1 aromatic rings. The van der Waals surface area contributed by atoms with Crippen molar-refractivity contribution in [2.75, 3.05) is 13.1 Å². The summed E-state index contributed by atoms with van der Waals surface area (Å²) in [4.78, 5) is 6.79. The summed E-state index contributed by atoms with van der Waals surface area (Å²) in [6.07, 6.45) is 4.14. The van der Waals surface area contributed by atoms with Gasteiger partial charge in [-0.1, -0.05) is 6.42 Å². The number of rotatable bonds is 2. The summed E-state index contributed by atoms with van der Waals surface area (Å²) < 4.78 is 0. The van der Waals surface area contributed by atoms with Crippen molar-refractivity contribution in [3.63, 3.8) is 0 Å². The second-order valence-corrected chi connectivity index (χ2v) is 4.04. The predicted molar refractivity (Wildman–Crippen MR) is 51.2 cm³/mol. The van der Waals surface area contributed by atoms with Gasteiger partial charge in [0.1, 0.15) is 0 Å². The van der Waals surface area contributed by atoms with Crippen LogP contribution in [-0.2, 0) is 6.54 Å². The van der Waals surface area contributed by atoms with E-state index in [0.717, 1.165) is 6.54 Å². The molecule has 2 nitrogen and oxygen atoms in total. The van der Waals surface area contributed by atoms with E-state index in [0.29, 0.717) is 0 Å². The van der Waals surface area contributed by atoms with E-state index < -0.39 is 0 Å². The van der Waals surface area contributed by atoms with Gasteiger partial charge in [0, 0.05) is 11.9 Å². The third-order valence-corrected chi connectivity index (χ3v) is 2.95. The van der Waals surface area contributed by atoms with Crippen LogP contribution in [0.3, 0.4) is 0 Å². The van der Waals surface area contributed by atoms with Gasteiger partial charge in [-0.25, -0.2) is 4.98 Å². The van der Waals surface area contributed by atoms with Crippen LogP contribution in [0.5, 0.6) is 0 Å². The fraction of sp³-hybridized carbons (Fsp3) is 0.667. The second-order valence-electron chi connectivity index (χ2n) is 3.32. The van der Waals surface area contributed by atoms with E-state index in [1.165, 1.54) is 38.0 Å². The van der Waals surface area contributed by atoms with Gasteiger partial charge < -0.3 is 0 Å². The molecule has 1 fully saturated rings. The Hall–Kier alpha value is -0.410. The van der Waals surface area contributed by atoms with E-state index in [1.807, 2.05) is 5.51 Å². The van der Waals surface area contributed by atoms with Crippen molar-refractivity contribution < 1.29 is 0 Å². The lowest BCUT2D eigenvalue weighted by Crippen LogP contribution is -2.29. The van der Waals surface area contributed by atoms with Crippen molar-refractivity contribution in [3.05, 3.63) is 16.6 Å². The number of hydrogen-bond donors (Lipinski definition) is 0. The van der Waals surface area contributed by atoms with Gasteiger partial charge in [-0.05, 0) is 25.9 Å². The fourth-order valence-electron chi connectivity index (χ4n) is 1.66. The van der Waals surface area contributed by atoms with E-state index >= 15 is 0 Å². The minimum Gasteiger partial charge on any atom is -0.297 e. The van der Waals surface area contributed by atoms with E-state index in [1.54, 1.807) is 11.3 Å². The van der Waals surface area contributed by atoms with Crippen molar-refractivity contribution in [1.82, 2.24) is 9.88 Å². The zero-order chi connectivity index (χ0) is 8.23. The summed E-state index contributed by atoms with van der Waals surface area (Å²) in [5.74, 6) is 0. The summed E-state index contributed by atoms with van der Waals surface area (Å²) in [6.45, 7) is 3.58. The summed E-state index contributed by atoms with van der Waals surface area (Å²) in [5.41, 5.74) is 3.15. The van der Waals surface area contributed by atoms with Gasteiger partial charge in [0.25, 0.3) is 0 Å². The minimum atomic E-state index is 1.06. The van der Waals surface area contributed by atoms with Crippen molar-refractivity contribution >= 4 is 11.3 Å². The molecule has 3 heteroatoms. The Balaban J connectivity index is 1.86. The van der Waals surface area contributed by atoms with E-state index in [4.69, 9.17) is 0 Å². The van der Waals surface area contributed by atoms with Crippen LogP contribution < -0.4 is 0 Å². The maximum absolute atomic E-state index is 4.29. The molecule has 1 aliphatic rings. The number of hydrogen-bond acceptors (Lipinski definition) is 3. The maximum Gasteiger partial charge on any atom is 0.0795 e. The first-order valence-electron chi connectivity index (χ1n) is 4.54. The monoisotopic (exact) mass is 182 g/mol. The minimum absolute atomic E-state index is 1.06. The molecule has 0 amide bonds. The molecule has 66 valence electrons. The molecule has 0 N–H and O–H groups in total. The summed E-state index contributed by atoms with van der Waals surface area (Å²) in [5, 5.41) is 2.15. The molecule has 0 aliphatic carbocycles. The third kappa shape index (κ3) is 2.05. The van der Waals surface area contributed by atoms with Gasteiger partial charge in [-0.3, -0.25) is 4.90 Å². The summed E-state index contributed by atoms with van der Waals surface area (Å²) >= 11 is 1.69. The van der Waals surface area contributed by atoms with Crippen LogP contribution in [-0.4, -0.2) is 23.0 Å². The number of nitrogens with zero attached hydrogens (tertiary/aromatic N) is 2. The molecule has 2 rings (SSSR count). The largest absolute Gasteiger partial charge is 0.297 e. The lowest BCUT2D eigenvalue weighted by Gasteiger charge is -2.25. The molecule has 1 saturated heterocycles.